The summed E-state index contributed by atoms with van der Waals surface area (Å²) in [5.74, 6) is 0.420. The molecule has 168 valence electrons. The average molecular weight is 598 g/mol. The number of nitrogens with zero attached hydrogens (tertiary/aromatic N) is 1. The van der Waals surface area contributed by atoms with E-state index in [0.29, 0.717) is 22.2 Å². The Kier molecular flexibility index (Phi) is 6.63. The van der Waals surface area contributed by atoms with E-state index in [4.69, 9.17) is 16.3 Å². The second-order valence-electron chi connectivity index (χ2n) is 7.65. The molecule has 0 unspecified atom stereocenters. The number of amides is 2. The molecule has 1 aliphatic heterocycles. The van der Waals surface area contributed by atoms with Crippen LogP contribution in [0.15, 0.2) is 89.8 Å². The molecule has 0 atom stereocenters. The Morgan fingerprint density at radius 3 is 2.44 bits per heavy atom. The molecule has 0 aliphatic carbocycles. The number of ether oxygens (including phenoxy) is 1. The molecule has 5 rings (SSSR count). The van der Waals surface area contributed by atoms with Gasteiger partial charge in [0.15, 0.2) is 0 Å². The van der Waals surface area contributed by atoms with Gasteiger partial charge < -0.3 is 4.74 Å². The van der Waals surface area contributed by atoms with Crippen LogP contribution in [0.4, 0.5) is 10.5 Å². The van der Waals surface area contributed by atoms with Crippen LogP contribution in [0.5, 0.6) is 5.75 Å². The Balaban J connectivity index is 1.30. The van der Waals surface area contributed by atoms with Gasteiger partial charge in [0.2, 0.25) is 0 Å². The monoisotopic (exact) mass is 597 g/mol. The molecule has 0 bridgehead atoms. The minimum atomic E-state index is -0.344. The van der Waals surface area contributed by atoms with Crippen molar-refractivity contribution in [3.8, 4) is 5.75 Å². The van der Waals surface area contributed by atoms with E-state index in [1.54, 1.807) is 30.3 Å². The van der Waals surface area contributed by atoms with Gasteiger partial charge in [-0.1, -0.05) is 54.1 Å². The SMILES string of the molecule is O=C1S/C(=C/c2ccc(OCc3ccc4ccccc4c3)c(I)c2)C(=O)N1c1ccc(Cl)cc1. The van der Waals surface area contributed by atoms with E-state index in [2.05, 4.69) is 52.9 Å². The van der Waals surface area contributed by atoms with Crippen molar-refractivity contribution in [2.75, 3.05) is 4.90 Å². The number of imide groups is 1. The lowest BCUT2D eigenvalue weighted by Gasteiger charge is -2.12. The zero-order chi connectivity index (χ0) is 23.7. The maximum Gasteiger partial charge on any atom is 0.298 e. The number of halogens is 2. The van der Waals surface area contributed by atoms with E-state index in [-0.39, 0.29) is 11.1 Å². The second kappa shape index (κ2) is 9.82. The van der Waals surface area contributed by atoms with E-state index >= 15 is 0 Å². The summed E-state index contributed by atoms with van der Waals surface area (Å²) in [6.07, 6.45) is 1.73. The number of anilines is 1. The number of fused-ring (bicyclic) bond motifs is 1. The zero-order valence-corrected chi connectivity index (χ0v) is 21.4. The van der Waals surface area contributed by atoms with Gasteiger partial charge in [0.05, 0.1) is 14.2 Å². The summed E-state index contributed by atoms with van der Waals surface area (Å²) in [5, 5.41) is 2.60. The first-order valence-corrected chi connectivity index (χ1v) is 12.7. The lowest BCUT2D eigenvalue weighted by Crippen LogP contribution is -2.27. The molecular weight excluding hydrogens is 581 g/mol. The summed E-state index contributed by atoms with van der Waals surface area (Å²) >= 11 is 9.06. The highest BCUT2D eigenvalue weighted by Gasteiger charge is 2.36. The topological polar surface area (TPSA) is 46.6 Å². The first kappa shape index (κ1) is 23.0. The Morgan fingerprint density at radius 1 is 0.912 bits per heavy atom. The maximum absolute atomic E-state index is 12.9. The van der Waals surface area contributed by atoms with Crippen LogP contribution >= 0.6 is 46.0 Å². The predicted molar refractivity (Wildman–Crippen MR) is 147 cm³/mol. The fraction of sp³-hybridized carbons (Fsp3) is 0.0370. The van der Waals surface area contributed by atoms with Gasteiger partial charge in [-0.2, -0.15) is 0 Å². The van der Waals surface area contributed by atoms with Crippen molar-refractivity contribution < 1.29 is 14.3 Å². The molecule has 34 heavy (non-hydrogen) atoms. The van der Waals surface area contributed by atoms with Gasteiger partial charge in [-0.05, 0) is 105 Å². The minimum absolute atomic E-state index is 0.330. The molecule has 0 aromatic heterocycles. The van der Waals surface area contributed by atoms with Gasteiger partial charge in [0.25, 0.3) is 11.1 Å². The van der Waals surface area contributed by atoms with E-state index in [9.17, 15) is 9.59 Å². The van der Waals surface area contributed by atoms with Crippen molar-refractivity contribution in [3.63, 3.8) is 0 Å². The highest BCUT2D eigenvalue weighted by molar-refractivity contribution is 14.1. The highest BCUT2D eigenvalue weighted by atomic mass is 127. The lowest BCUT2D eigenvalue weighted by atomic mass is 10.1. The zero-order valence-electron chi connectivity index (χ0n) is 17.7. The summed E-state index contributed by atoms with van der Waals surface area (Å²) in [4.78, 5) is 26.9. The van der Waals surface area contributed by atoms with Gasteiger partial charge in [-0.15, -0.1) is 0 Å². The molecule has 0 N–H and O–H groups in total. The number of rotatable bonds is 5. The smallest absolute Gasteiger partial charge is 0.298 e. The van der Waals surface area contributed by atoms with Crippen molar-refractivity contribution in [1.82, 2.24) is 0 Å². The molecule has 7 heteroatoms. The molecule has 0 radical (unpaired) electrons. The standard InChI is InChI=1S/C27H17ClINO3S/c28-21-8-10-22(11-9-21)30-26(31)25(34-27(30)32)15-17-6-12-24(23(29)14-17)33-16-18-5-7-19-3-1-2-4-20(19)13-18/h1-15H,16H2/b25-15+. The molecule has 1 saturated heterocycles. The lowest BCUT2D eigenvalue weighted by molar-refractivity contribution is -0.113. The number of carbonyl (C=O) groups is 2. The third-order valence-corrected chi connectivity index (χ3v) is 7.31. The van der Waals surface area contributed by atoms with E-state index in [0.717, 1.165) is 32.2 Å². The Morgan fingerprint density at radius 2 is 1.68 bits per heavy atom. The maximum atomic E-state index is 12.9. The molecule has 0 saturated carbocycles. The van der Waals surface area contributed by atoms with Crippen LogP contribution in [0, 0.1) is 3.57 Å². The van der Waals surface area contributed by atoms with E-state index < -0.39 is 0 Å². The fourth-order valence-corrected chi connectivity index (χ4v) is 5.31. The van der Waals surface area contributed by atoms with E-state index in [1.165, 1.54) is 15.7 Å². The minimum Gasteiger partial charge on any atom is -0.488 e. The van der Waals surface area contributed by atoms with Crippen LogP contribution in [0.2, 0.25) is 5.02 Å². The van der Waals surface area contributed by atoms with Gasteiger partial charge in [0, 0.05) is 5.02 Å². The third kappa shape index (κ3) is 4.85. The van der Waals surface area contributed by atoms with Gasteiger partial charge in [-0.25, -0.2) is 4.90 Å². The fourth-order valence-electron chi connectivity index (χ4n) is 3.65. The summed E-state index contributed by atoms with van der Waals surface area (Å²) in [5.41, 5.74) is 2.42. The summed E-state index contributed by atoms with van der Waals surface area (Å²) in [6.45, 7) is 0.458. The van der Waals surface area contributed by atoms with Crippen LogP contribution in [0.25, 0.3) is 16.8 Å². The molecule has 1 aliphatic rings. The molecule has 1 fully saturated rings. The van der Waals surface area contributed by atoms with Gasteiger partial charge >= 0.3 is 0 Å². The van der Waals surface area contributed by atoms with Crippen molar-refractivity contribution in [3.05, 3.63) is 110 Å². The normalized spacial score (nSPS) is 14.9. The van der Waals surface area contributed by atoms with Gasteiger partial charge in [0.1, 0.15) is 12.4 Å². The van der Waals surface area contributed by atoms with Crippen LogP contribution in [0.3, 0.4) is 0 Å². The first-order valence-electron chi connectivity index (χ1n) is 10.4. The first-order chi connectivity index (χ1) is 16.5. The number of hydrogen-bond donors (Lipinski definition) is 0. The van der Waals surface area contributed by atoms with Crippen LogP contribution in [-0.4, -0.2) is 11.1 Å². The number of thioether (sulfide) groups is 1. The Hall–Kier alpha value is -2.81. The highest BCUT2D eigenvalue weighted by Crippen LogP contribution is 2.36. The second-order valence-corrected chi connectivity index (χ2v) is 10.2. The third-order valence-electron chi connectivity index (χ3n) is 5.34. The predicted octanol–water partition coefficient (Wildman–Crippen LogP) is 7.92. The average Bonchev–Trinajstić information content (AvgIpc) is 3.11. The Bertz CT molecular complexity index is 1450. The molecule has 4 aromatic rings. The molecule has 2 amide bonds. The molecule has 1 heterocycles. The number of hydrogen-bond acceptors (Lipinski definition) is 4. The van der Waals surface area contributed by atoms with Crippen molar-refractivity contribution in [1.29, 1.82) is 0 Å². The molecular formula is C27H17ClINO3S. The molecule has 0 spiro atoms. The summed E-state index contributed by atoms with van der Waals surface area (Å²) in [7, 11) is 0. The number of benzene rings is 4. The van der Waals surface area contributed by atoms with Crippen molar-refractivity contribution in [2.45, 2.75) is 6.61 Å². The summed E-state index contributed by atoms with van der Waals surface area (Å²) in [6, 6.07) is 26.9. The largest absolute Gasteiger partial charge is 0.488 e. The van der Waals surface area contributed by atoms with Crippen LogP contribution < -0.4 is 9.64 Å². The molecule has 4 aromatic carbocycles. The Labute approximate surface area is 219 Å². The summed E-state index contributed by atoms with van der Waals surface area (Å²) < 4.78 is 6.97. The van der Waals surface area contributed by atoms with Crippen LogP contribution in [0.1, 0.15) is 11.1 Å². The van der Waals surface area contributed by atoms with Crippen LogP contribution in [-0.2, 0) is 11.4 Å². The molecule has 4 nitrogen and oxygen atoms in total. The van der Waals surface area contributed by atoms with Crippen molar-refractivity contribution >= 4 is 79.6 Å². The number of carbonyl (C=O) groups excluding carboxylic acids is 2. The quantitative estimate of drug-likeness (QED) is 0.173. The van der Waals surface area contributed by atoms with Crippen molar-refractivity contribution in [2.24, 2.45) is 0 Å². The van der Waals surface area contributed by atoms with E-state index in [1.807, 2.05) is 30.3 Å². The van der Waals surface area contributed by atoms with Gasteiger partial charge in [-0.3, -0.25) is 9.59 Å².